The van der Waals surface area contributed by atoms with E-state index in [0.717, 1.165) is 11.1 Å². The van der Waals surface area contributed by atoms with Crippen LogP contribution in [-0.2, 0) is 4.79 Å². The van der Waals surface area contributed by atoms with Gasteiger partial charge in [-0.3, -0.25) is 4.79 Å². The molecule has 4 N–H and O–H groups in total. The maximum Gasteiger partial charge on any atom is 0.254 e. The first-order valence-electron chi connectivity index (χ1n) is 5.33. The van der Waals surface area contributed by atoms with Gasteiger partial charge in [-0.15, -0.1) is 0 Å². The number of anilines is 1. The van der Waals surface area contributed by atoms with Crippen LogP contribution in [0.25, 0.3) is 0 Å². The van der Waals surface area contributed by atoms with E-state index in [2.05, 4.69) is 5.32 Å². The van der Waals surface area contributed by atoms with Crippen molar-refractivity contribution in [2.24, 2.45) is 5.73 Å². The van der Waals surface area contributed by atoms with E-state index in [0.29, 0.717) is 11.4 Å². The molecule has 94 valence electrons. The third-order valence-electron chi connectivity index (χ3n) is 2.60. The number of aryl methyl sites for hydroxylation is 2. The molecule has 17 heavy (non-hydrogen) atoms. The number of nitrogens with two attached hydrogens (primary N) is 1. The summed E-state index contributed by atoms with van der Waals surface area (Å²) in [4.78, 5) is 11.5. The smallest absolute Gasteiger partial charge is 0.254 e. The average Bonchev–Trinajstić information content (AvgIpc) is 2.32. The summed E-state index contributed by atoms with van der Waals surface area (Å²) < 4.78 is 5.17. The van der Waals surface area contributed by atoms with Crippen molar-refractivity contribution in [2.45, 2.75) is 20.0 Å². The first kappa shape index (κ1) is 13.5. The topological polar surface area (TPSA) is 84.6 Å². The molecule has 1 amide bonds. The van der Waals surface area contributed by atoms with Crippen LogP contribution < -0.4 is 15.8 Å². The zero-order chi connectivity index (χ0) is 13.0. The molecule has 0 aliphatic carbocycles. The van der Waals surface area contributed by atoms with Crippen LogP contribution in [0.3, 0.4) is 0 Å². The van der Waals surface area contributed by atoms with E-state index in [1.165, 1.54) is 7.11 Å². The standard InChI is InChI=1S/C12H18N2O3/c1-7-4-9(11(17-3)5-8(7)2)14-12(16)10(15)6-13/h4-5,10,15H,6,13H2,1-3H3,(H,14,16). The van der Waals surface area contributed by atoms with E-state index in [4.69, 9.17) is 10.5 Å². The molecule has 5 heteroatoms. The van der Waals surface area contributed by atoms with Gasteiger partial charge in [0.2, 0.25) is 0 Å². The monoisotopic (exact) mass is 238 g/mol. The van der Waals surface area contributed by atoms with Crippen LogP contribution in [0.2, 0.25) is 0 Å². The maximum atomic E-state index is 11.5. The van der Waals surface area contributed by atoms with Crippen LogP contribution in [0.4, 0.5) is 5.69 Å². The largest absolute Gasteiger partial charge is 0.495 e. The average molecular weight is 238 g/mol. The van der Waals surface area contributed by atoms with Gasteiger partial charge in [-0.1, -0.05) is 0 Å². The molecular formula is C12H18N2O3. The van der Waals surface area contributed by atoms with Gasteiger partial charge in [-0.2, -0.15) is 0 Å². The zero-order valence-electron chi connectivity index (χ0n) is 10.3. The number of methoxy groups -OCH3 is 1. The van der Waals surface area contributed by atoms with Crippen molar-refractivity contribution >= 4 is 11.6 Å². The highest BCUT2D eigenvalue weighted by Crippen LogP contribution is 2.27. The van der Waals surface area contributed by atoms with Gasteiger partial charge in [0.25, 0.3) is 5.91 Å². The minimum Gasteiger partial charge on any atom is -0.495 e. The van der Waals surface area contributed by atoms with Crippen molar-refractivity contribution < 1.29 is 14.6 Å². The van der Waals surface area contributed by atoms with Crippen LogP contribution in [0.1, 0.15) is 11.1 Å². The number of hydrogen-bond acceptors (Lipinski definition) is 4. The van der Waals surface area contributed by atoms with Crippen molar-refractivity contribution in [3.63, 3.8) is 0 Å². The van der Waals surface area contributed by atoms with Crippen LogP contribution in [0.15, 0.2) is 12.1 Å². The lowest BCUT2D eigenvalue weighted by Crippen LogP contribution is -2.34. The van der Waals surface area contributed by atoms with Crippen LogP contribution in [0.5, 0.6) is 5.75 Å². The molecule has 0 radical (unpaired) electrons. The summed E-state index contributed by atoms with van der Waals surface area (Å²) in [5.74, 6) is 0.0275. The van der Waals surface area contributed by atoms with Gasteiger partial charge in [0, 0.05) is 6.54 Å². The molecule has 0 spiro atoms. The number of hydrogen-bond donors (Lipinski definition) is 3. The number of amides is 1. The summed E-state index contributed by atoms with van der Waals surface area (Å²) in [6.07, 6.45) is -1.21. The number of aliphatic hydroxyl groups is 1. The second-order valence-electron chi connectivity index (χ2n) is 3.88. The van der Waals surface area contributed by atoms with E-state index in [9.17, 15) is 9.90 Å². The lowest BCUT2D eigenvalue weighted by Gasteiger charge is -2.14. The van der Waals surface area contributed by atoms with Gasteiger partial charge < -0.3 is 20.9 Å². The number of carbonyl (C=O) groups is 1. The molecule has 0 bridgehead atoms. The Balaban J connectivity index is 2.97. The molecule has 0 aliphatic rings. The summed E-state index contributed by atoms with van der Waals surface area (Å²) in [6, 6.07) is 3.63. The highest BCUT2D eigenvalue weighted by atomic mass is 16.5. The van der Waals surface area contributed by atoms with Crippen LogP contribution >= 0.6 is 0 Å². The third kappa shape index (κ3) is 3.18. The summed E-state index contributed by atoms with van der Waals surface area (Å²) in [5, 5.41) is 11.9. The first-order chi connectivity index (χ1) is 7.99. The van der Waals surface area contributed by atoms with Gasteiger partial charge in [0.05, 0.1) is 12.8 Å². The second kappa shape index (κ2) is 5.65. The summed E-state index contributed by atoms with van der Waals surface area (Å²) >= 11 is 0. The van der Waals surface area contributed by atoms with E-state index in [-0.39, 0.29) is 6.54 Å². The number of nitrogens with one attached hydrogen (secondary N) is 1. The van der Waals surface area contributed by atoms with Gasteiger partial charge in [0.1, 0.15) is 11.9 Å². The van der Waals surface area contributed by atoms with Gasteiger partial charge in [-0.05, 0) is 37.1 Å². The van der Waals surface area contributed by atoms with E-state index >= 15 is 0 Å². The van der Waals surface area contributed by atoms with Crippen molar-refractivity contribution in [1.82, 2.24) is 0 Å². The fourth-order valence-electron chi connectivity index (χ4n) is 1.38. The molecule has 0 heterocycles. The fourth-order valence-corrected chi connectivity index (χ4v) is 1.38. The predicted molar refractivity (Wildman–Crippen MR) is 66.2 cm³/mol. The highest BCUT2D eigenvalue weighted by Gasteiger charge is 2.15. The Kier molecular flexibility index (Phi) is 4.48. The SMILES string of the molecule is COc1cc(C)c(C)cc1NC(=O)C(O)CN. The normalized spacial score (nSPS) is 12.1. The molecule has 1 aromatic rings. The minimum absolute atomic E-state index is 0.112. The minimum atomic E-state index is -1.21. The Bertz CT molecular complexity index is 418. The molecule has 0 fully saturated rings. The van der Waals surface area contributed by atoms with Gasteiger partial charge in [-0.25, -0.2) is 0 Å². The highest BCUT2D eigenvalue weighted by molar-refractivity contribution is 5.95. The van der Waals surface area contributed by atoms with E-state index in [1.54, 1.807) is 6.07 Å². The fraction of sp³-hybridized carbons (Fsp3) is 0.417. The maximum absolute atomic E-state index is 11.5. The second-order valence-corrected chi connectivity index (χ2v) is 3.88. The Labute approximate surface area is 101 Å². The van der Waals surface area contributed by atoms with E-state index in [1.807, 2.05) is 19.9 Å². The molecule has 0 aromatic heterocycles. The van der Waals surface area contributed by atoms with Crippen molar-refractivity contribution in [3.05, 3.63) is 23.3 Å². The Morgan fingerprint density at radius 3 is 2.59 bits per heavy atom. The number of rotatable bonds is 4. The number of benzene rings is 1. The molecule has 1 atom stereocenters. The Morgan fingerprint density at radius 2 is 2.06 bits per heavy atom. The molecule has 0 saturated carbocycles. The van der Waals surface area contributed by atoms with E-state index < -0.39 is 12.0 Å². The van der Waals surface area contributed by atoms with Crippen molar-refractivity contribution in [3.8, 4) is 5.75 Å². The number of carbonyl (C=O) groups excluding carboxylic acids is 1. The quantitative estimate of drug-likeness (QED) is 0.716. The predicted octanol–water partition coefficient (Wildman–Crippen LogP) is 0.570. The Morgan fingerprint density at radius 1 is 1.47 bits per heavy atom. The van der Waals surface area contributed by atoms with Gasteiger partial charge >= 0.3 is 0 Å². The molecule has 0 saturated heterocycles. The Hall–Kier alpha value is -1.59. The molecule has 1 unspecified atom stereocenters. The summed E-state index contributed by atoms with van der Waals surface area (Å²) in [6.45, 7) is 3.78. The number of ether oxygens (including phenoxy) is 1. The first-order valence-corrected chi connectivity index (χ1v) is 5.33. The summed E-state index contributed by atoms with van der Waals surface area (Å²) in [5.41, 5.74) is 7.84. The van der Waals surface area contributed by atoms with Crippen LogP contribution in [0, 0.1) is 13.8 Å². The molecule has 1 rings (SSSR count). The summed E-state index contributed by atoms with van der Waals surface area (Å²) in [7, 11) is 1.53. The van der Waals surface area contributed by atoms with Crippen LogP contribution in [-0.4, -0.2) is 30.8 Å². The molecule has 0 aliphatic heterocycles. The number of aliphatic hydroxyl groups excluding tert-OH is 1. The zero-order valence-corrected chi connectivity index (χ0v) is 10.3. The lowest BCUT2D eigenvalue weighted by molar-refractivity contribution is -0.123. The van der Waals surface area contributed by atoms with Crippen molar-refractivity contribution in [2.75, 3.05) is 19.0 Å². The molecule has 1 aromatic carbocycles. The molecule has 5 nitrogen and oxygen atoms in total. The molecular weight excluding hydrogens is 220 g/mol. The van der Waals surface area contributed by atoms with Gasteiger partial charge in [0.15, 0.2) is 0 Å². The third-order valence-corrected chi connectivity index (χ3v) is 2.60. The lowest BCUT2D eigenvalue weighted by atomic mass is 10.1. The van der Waals surface area contributed by atoms with Crippen molar-refractivity contribution in [1.29, 1.82) is 0 Å².